The molecule has 1 fully saturated rings. The van der Waals surface area contributed by atoms with Crippen LogP contribution in [0, 0.1) is 0 Å². The topological polar surface area (TPSA) is 77.5 Å². The lowest BCUT2D eigenvalue weighted by atomic mass is 10.1. The zero-order valence-corrected chi connectivity index (χ0v) is 24.4. The molecule has 4 rings (SSSR count). The molecule has 1 aliphatic heterocycles. The number of carbonyl (C=O) groups is 2. The van der Waals surface area contributed by atoms with Gasteiger partial charge in [-0.1, -0.05) is 23.7 Å². The number of hydrogen-bond acceptors (Lipinski definition) is 7. The number of halogens is 2. The van der Waals surface area contributed by atoms with Crippen molar-refractivity contribution >= 4 is 68.5 Å². The lowest BCUT2D eigenvalue weighted by Crippen LogP contribution is -2.35. The van der Waals surface area contributed by atoms with Gasteiger partial charge in [0.15, 0.2) is 16.6 Å². The van der Waals surface area contributed by atoms with Crippen molar-refractivity contribution in [3.05, 3.63) is 87.0 Å². The molecule has 0 bridgehead atoms. The average Bonchev–Trinajstić information content (AvgIpc) is 3.16. The molecule has 1 saturated heterocycles. The second kappa shape index (κ2) is 12.5. The zero-order chi connectivity index (χ0) is 28.1. The molecule has 3 aromatic rings. The van der Waals surface area contributed by atoms with Crippen LogP contribution in [0.2, 0.25) is 5.02 Å². The van der Waals surface area contributed by atoms with Crippen molar-refractivity contribution < 1.29 is 28.5 Å². The number of ether oxygens (including phenoxy) is 4. The normalized spacial score (nSPS) is 14.1. The summed E-state index contributed by atoms with van der Waals surface area (Å²) in [5, 5.41) is 0.790. The molecular weight excluding hydrogens is 608 g/mol. The fourth-order valence-electron chi connectivity index (χ4n) is 3.84. The van der Waals surface area contributed by atoms with Gasteiger partial charge in [-0.05, 0) is 93.9 Å². The molecule has 0 aliphatic carbocycles. The summed E-state index contributed by atoms with van der Waals surface area (Å²) < 4.78 is 22.3. The summed E-state index contributed by atoms with van der Waals surface area (Å²) in [5.74, 6) is 0.636. The maximum absolute atomic E-state index is 13.6. The number of esters is 1. The maximum Gasteiger partial charge on any atom is 0.325 e. The van der Waals surface area contributed by atoms with Crippen molar-refractivity contribution in [2.24, 2.45) is 0 Å². The van der Waals surface area contributed by atoms with Crippen LogP contribution in [0.15, 0.2) is 70.8 Å². The summed E-state index contributed by atoms with van der Waals surface area (Å²) in [6, 6.07) is 17.7. The quantitative estimate of drug-likeness (QED) is 0.166. The number of thiocarbonyl (C=S) groups is 1. The second-order valence-corrected chi connectivity index (χ2v) is 9.92. The van der Waals surface area contributed by atoms with Crippen LogP contribution in [0.5, 0.6) is 17.2 Å². The van der Waals surface area contributed by atoms with E-state index >= 15 is 0 Å². The van der Waals surface area contributed by atoms with Gasteiger partial charge in [0, 0.05) is 5.02 Å². The highest BCUT2D eigenvalue weighted by atomic mass is 79.9. The van der Waals surface area contributed by atoms with Crippen molar-refractivity contribution in [1.29, 1.82) is 0 Å². The molecule has 0 N–H and O–H groups in total. The molecule has 202 valence electrons. The molecule has 0 saturated carbocycles. The lowest BCUT2D eigenvalue weighted by Gasteiger charge is -2.19. The Kier molecular flexibility index (Phi) is 9.11. The van der Waals surface area contributed by atoms with Gasteiger partial charge in [-0.25, -0.2) is 0 Å². The van der Waals surface area contributed by atoms with E-state index in [4.69, 9.17) is 42.8 Å². The molecule has 1 amide bonds. The van der Waals surface area contributed by atoms with Crippen LogP contribution >= 0.6 is 39.7 Å². The van der Waals surface area contributed by atoms with Gasteiger partial charge in [0.2, 0.25) is 0 Å². The first-order valence-electron chi connectivity index (χ1n) is 11.6. The van der Waals surface area contributed by atoms with Crippen LogP contribution in [-0.4, -0.2) is 49.8 Å². The van der Waals surface area contributed by atoms with Crippen LogP contribution in [0.25, 0.3) is 6.08 Å². The van der Waals surface area contributed by atoms with E-state index in [0.29, 0.717) is 44.6 Å². The minimum atomic E-state index is -0.544. The molecule has 8 nitrogen and oxygen atoms in total. The van der Waals surface area contributed by atoms with Gasteiger partial charge in [-0.15, -0.1) is 0 Å². The molecule has 0 radical (unpaired) electrons. The molecular formula is C28H24BrClN2O6S. The second-order valence-electron chi connectivity index (χ2n) is 8.26. The van der Waals surface area contributed by atoms with Crippen LogP contribution in [0.4, 0.5) is 5.69 Å². The minimum absolute atomic E-state index is 0.149. The summed E-state index contributed by atoms with van der Waals surface area (Å²) >= 11 is 15.1. The zero-order valence-electron chi connectivity index (χ0n) is 21.3. The summed E-state index contributed by atoms with van der Waals surface area (Å²) in [5.41, 5.74) is 2.29. The first kappa shape index (κ1) is 28.4. The van der Waals surface area contributed by atoms with E-state index < -0.39 is 11.9 Å². The average molecular weight is 632 g/mol. The highest BCUT2D eigenvalue weighted by Gasteiger charge is 2.40. The number of amides is 1. The predicted molar refractivity (Wildman–Crippen MR) is 156 cm³/mol. The standard InChI is InChI=1S/C28H24BrClN2O6S/c1-35-21-10-8-20(9-11-21)32-27(34)23(31(28(32)39)15-25(33)37-3)13-18-12-22(29)26(24(14-18)36-2)38-16-17-4-6-19(30)7-5-17/h4-14H,15-16H2,1-3H3/b23-13-. The summed E-state index contributed by atoms with van der Waals surface area (Å²) in [4.78, 5) is 28.6. The Labute approximate surface area is 244 Å². The van der Waals surface area contributed by atoms with Crippen molar-refractivity contribution in [2.45, 2.75) is 6.61 Å². The van der Waals surface area contributed by atoms with Gasteiger partial charge in [-0.3, -0.25) is 14.5 Å². The molecule has 1 aliphatic rings. The van der Waals surface area contributed by atoms with Gasteiger partial charge in [0.25, 0.3) is 5.91 Å². The SMILES string of the molecule is COC(=O)CN1C(=S)N(c2ccc(OC)cc2)C(=O)/C1=C/c1cc(Br)c(OCc2ccc(Cl)cc2)c(OC)c1. The smallest absolute Gasteiger partial charge is 0.325 e. The van der Waals surface area contributed by atoms with Gasteiger partial charge in [0.1, 0.15) is 24.6 Å². The molecule has 0 atom stereocenters. The van der Waals surface area contributed by atoms with Crippen LogP contribution < -0.4 is 19.1 Å². The Hall–Kier alpha value is -3.60. The van der Waals surface area contributed by atoms with Crippen molar-refractivity contribution in [1.82, 2.24) is 4.90 Å². The summed E-state index contributed by atoms with van der Waals surface area (Å²) in [7, 11) is 4.36. The molecule has 39 heavy (non-hydrogen) atoms. The highest BCUT2D eigenvalue weighted by Crippen LogP contribution is 2.39. The first-order valence-corrected chi connectivity index (χ1v) is 13.2. The number of anilines is 1. The number of benzene rings is 3. The van der Waals surface area contributed by atoms with Crippen molar-refractivity contribution in [2.75, 3.05) is 32.8 Å². The largest absolute Gasteiger partial charge is 0.497 e. The molecule has 0 spiro atoms. The first-order chi connectivity index (χ1) is 18.7. The Balaban J connectivity index is 1.68. The van der Waals surface area contributed by atoms with Crippen LogP contribution in [0.3, 0.4) is 0 Å². The number of rotatable bonds is 9. The fourth-order valence-corrected chi connectivity index (χ4v) is 4.89. The van der Waals surface area contributed by atoms with Gasteiger partial charge < -0.3 is 23.8 Å². The van der Waals surface area contributed by atoms with Gasteiger partial charge in [-0.2, -0.15) is 0 Å². The summed E-state index contributed by atoms with van der Waals surface area (Å²) in [6.45, 7) is 0.0587. The highest BCUT2D eigenvalue weighted by molar-refractivity contribution is 9.10. The predicted octanol–water partition coefficient (Wildman–Crippen LogP) is 5.85. The van der Waals surface area contributed by atoms with Gasteiger partial charge >= 0.3 is 5.97 Å². The van der Waals surface area contributed by atoms with E-state index in [9.17, 15) is 9.59 Å². The van der Waals surface area contributed by atoms with Crippen LogP contribution in [0.1, 0.15) is 11.1 Å². The molecule has 11 heteroatoms. The third-order valence-corrected chi connectivity index (χ3v) is 7.08. The Morgan fingerprint density at radius 3 is 2.33 bits per heavy atom. The Bertz CT molecular complexity index is 1430. The number of methoxy groups -OCH3 is 3. The van der Waals surface area contributed by atoms with E-state index in [0.717, 1.165) is 5.56 Å². The molecule has 1 heterocycles. The van der Waals surface area contributed by atoms with E-state index in [2.05, 4.69) is 15.9 Å². The van der Waals surface area contributed by atoms with Crippen molar-refractivity contribution in [3.8, 4) is 17.2 Å². The third kappa shape index (κ3) is 6.35. The maximum atomic E-state index is 13.6. The Morgan fingerprint density at radius 1 is 1.03 bits per heavy atom. The van der Waals surface area contributed by atoms with Gasteiger partial charge in [0.05, 0.1) is 31.5 Å². The monoisotopic (exact) mass is 630 g/mol. The lowest BCUT2D eigenvalue weighted by molar-refractivity contribution is -0.140. The number of nitrogens with zero attached hydrogens (tertiary/aromatic N) is 2. The van der Waals surface area contributed by atoms with E-state index in [1.54, 1.807) is 61.7 Å². The van der Waals surface area contributed by atoms with E-state index in [-0.39, 0.29) is 17.4 Å². The van der Waals surface area contributed by atoms with Crippen LogP contribution in [-0.2, 0) is 20.9 Å². The third-order valence-electron chi connectivity index (χ3n) is 5.83. The molecule has 0 aromatic heterocycles. The number of hydrogen-bond donors (Lipinski definition) is 0. The Morgan fingerprint density at radius 2 is 1.72 bits per heavy atom. The van der Waals surface area contributed by atoms with E-state index in [1.165, 1.54) is 24.0 Å². The fraction of sp³-hybridized carbons (Fsp3) is 0.179. The molecule has 3 aromatic carbocycles. The van der Waals surface area contributed by atoms with E-state index in [1.807, 2.05) is 12.1 Å². The number of carbonyl (C=O) groups excluding carboxylic acids is 2. The molecule has 0 unspecified atom stereocenters. The minimum Gasteiger partial charge on any atom is -0.497 e. The van der Waals surface area contributed by atoms with Crippen molar-refractivity contribution in [3.63, 3.8) is 0 Å². The summed E-state index contributed by atoms with van der Waals surface area (Å²) in [6.07, 6.45) is 1.64.